The molecule has 0 saturated carbocycles. The van der Waals surface area contributed by atoms with Crippen LogP contribution in [0, 0.1) is 0 Å². The molecule has 3 aromatic heterocycles. The minimum Gasteiger partial charge on any atom is -0.352 e. The monoisotopic (exact) mass is 409 g/mol. The molecule has 0 aliphatic heterocycles. The van der Waals surface area contributed by atoms with Crippen molar-refractivity contribution in [3.05, 3.63) is 67.9 Å². The second-order valence-corrected chi connectivity index (χ2v) is 7.85. The fourth-order valence-corrected chi connectivity index (χ4v) is 4.17. The summed E-state index contributed by atoms with van der Waals surface area (Å²) in [5.41, 5.74) is 0.608. The summed E-state index contributed by atoms with van der Waals surface area (Å²) in [5.74, 6) is -0.306. The predicted molar refractivity (Wildman–Crippen MR) is 112 cm³/mol. The van der Waals surface area contributed by atoms with E-state index in [1.807, 2.05) is 24.3 Å². The molecular weight excluding hydrogens is 390 g/mol. The highest BCUT2D eigenvalue weighted by Gasteiger charge is 2.13. The molecule has 0 aliphatic rings. The maximum absolute atomic E-state index is 12.4. The average Bonchev–Trinajstić information content (AvgIpc) is 3.16. The Kier molecular flexibility index (Phi) is 4.98. The van der Waals surface area contributed by atoms with Gasteiger partial charge in [0.25, 0.3) is 11.5 Å². The van der Waals surface area contributed by atoms with E-state index in [1.54, 1.807) is 18.4 Å². The summed E-state index contributed by atoms with van der Waals surface area (Å²) in [6.45, 7) is 0.484. The van der Waals surface area contributed by atoms with Crippen molar-refractivity contribution in [1.29, 1.82) is 0 Å². The molecule has 3 heterocycles. The number of carbonyl (C=O) groups is 1. The number of aromatic nitrogens is 4. The molecule has 0 bridgehead atoms. The number of pyridine rings is 1. The summed E-state index contributed by atoms with van der Waals surface area (Å²) in [6, 6.07) is 9.48. The van der Waals surface area contributed by atoms with Gasteiger partial charge in [-0.25, -0.2) is 14.8 Å². The van der Waals surface area contributed by atoms with E-state index in [4.69, 9.17) is 0 Å². The molecular formula is C20H19N5O3S. The number of hydrogen-bond donors (Lipinski definition) is 1. The zero-order valence-electron chi connectivity index (χ0n) is 16.0. The largest absolute Gasteiger partial charge is 0.352 e. The first kappa shape index (κ1) is 19.0. The number of para-hydroxylation sites is 1. The Morgan fingerprint density at radius 3 is 2.76 bits per heavy atom. The van der Waals surface area contributed by atoms with Crippen LogP contribution in [-0.4, -0.2) is 31.6 Å². The summed E-state index contributed by atoms with van der Waals surface area (Å²) < 4.78 is 3.45. The summed E-state index contributed by atoms with van der Waals surface area (Å²) in [6.07, 6.45) is 2.91. The van der Waals surface area contributed by atoms with Gasteiger partial charge in [0, 0.05) is 33.3 Å². The summed E-state index contributed by atoms with van der Waals surface area (Å²) in [4.78, 5) is 45.5. The Labute approximate surface area is 169 Å². The lowest BCUT2D eigenvalue weighted by atomic mass is 10.2. The van der Waals surface area contributed by atoms with Crippen LogP contribution in [0.4, 0.5) is 0 Å². The van der Waals surface area contributed by atoms with Crippen molar-refractivity contribution in [1.82, 2.24) is 24.4 Å². The van der Waals surface area contributed by atoms with Crippen LogP contribution in [0.2, 0.25) is 0 Å². The van der Waals surface area contributed by atoms with E-state index in [2.05, 4.69) is 15.3 Å². The fourth-order valence-electron chi connectivity index (χ4n) is 3.16. The van der Waals surface area contributed by atoms with Gasteiger partial charge in [-0.15, -0.1) is 11.3 Å². The van der Waals surface area contributed by atoms with Crippen molar-refractivity contribution in [2.45, 2.75) is 12.8 Å². The van der Waals surface area contributed by atoms with Crippen LogP contribution in [0.1, 0.15) is 21.8 Å². The Balaban J connectivity index is 1.43. The molecule has 8 nitrogen and oxygen atoms in total. The molecule has 1 aromatic carbocycles. The van der Waals surface area contributed by atoms with Crippen molar-refractivity contribution in [2.75, 3.05) is 6.54 Å². The first-order valence-electron chi connectivity index (χ1n) is 9.14. The highest BCUT2D eigenvalue weighted by Crippen LogP contribution is 2.22. The molecule has 0 fully saturated rings. The minimum absolute atomic E-state index is 0.233. The molecule has 0 radical (unpaired) electrons. The van der Waals surface area contributed by atoms with Crippen LogP contribution in [0.3, 0.4) is 0 Å². The minimum atomic E-state index is -0.471. The second-order valence-electron chi connectivity index (χ2n) is 6.74. The molecule has 1 amide bonds. The van der Waals surface area contributed by atoms with Crippen LogP contribution >= 0.6 is 11.3 Å². The normalized spacial score (nSPS) is 11.2. The number of hydrogen-bond acceptors (Lipinski definition) is 6. The maximum atomic E-state index is 12.4. The number of thiazole rings is 1. The van der Waals surface area contributed by atoms with Crippen LogP contribution in [0.25, 0.3) is 21.3 Å². The molecule has 4 rings (SSSR count). The molecule has 4 aromatic rings. The number of amides is 1. The molecule has 0 unspecified atom stereocenters. The Bertz CT molecular complexity index is 1320. The van der Waals surface area contributed by atoms with Crippen molar-refractivity contribution >= 4 is 38.5 Å². The highest BCUT2D eigenvalue weighted by atomic mass is 32.1. The van der Waals surface area contributed by atoms with Gasteiger partial charge < -0.3 is 5.32 Å². The lowest BCUT2D eigenvalue weighted by Crippen LogP contribution is -2.37. The third kappa shape index (κ3) is 3.56. The topological polar surface area (TPSA) is 98.9 Å². The predicted octanol–water partition coefficient (Wildman–Crippen LogP) is 1.60. The number of nitrogens with one attached hydrogen (secondary N) is 1. The second kappa shape index (κ2) is 7.59. The van der Waals surface area contributed by atoms with E-state index in [9.17, 15) is 14.4 Å². The molecule has 0 spiro atoms. The van der Waals surface area contributed by atoms with E-state index in [0.717, 1.165) is 32.6 Å². The summed E-state index contributed by atoms with van der Waals surface area (Å²) in [7, 11) is 2.94. The smallest absolute Gasteiger partial charge is 0.332 e. The molecule has 9 heteroatoms. The molecule has 148 valence electrons. The van der Waals surface area contributed by atoms with Crippen molar-refractivity contribution < 1.29 is 4.79 Å². The summed E-state index contributed by atoms with van der Waals surface area (Å²) >= 11 is 1.66. The number of carbonyl (C=O) groups excluding carboxylic acids is 1. The van der Waals surface area contributed by atoms with Gasteiger partial charge in [0.05, 0.1) is 26.2 Å². The van der Waals surface area contributed by atoms with Crippen LogP contribution in [0.5, 0.6) is 0 Å². The number of fused-ring (bicyclic) bond motifs is 2. The Hall–Kier alpha value is -3.33. The lowest BCUT2D eigenvalue weighted by Gasteiger charge is -2.08. The molecule has 0 aliphatic carbocycles. The van der Waals surface area contributed by atoms with Crippen molar-refractivity contribution in [3.8, 4) is 0 Å². The van der Waals surface area contributed by atoms with Gasteiger partial charge in [-0.05, 0) is 24.6 Å². The van der Waals surface area contributed by atoms with E-state index >= 15 is 0 Å². The van der Waals surface area contributed by atoms with Crippen LogP contribution in [0.15, 0.2) is 46.1 Å². The van der Waals surface area contributed by atoms with Gasteiger partial charge in [0.15, 0.2) is 0 Å². The number of rotatable bonds is 5. The van der Waals surface area contributed by atoms with E-state index in [0.29, 0.717) is 6.54 Å². The Morgan fingerprint density at radius 2 is 1.97 bits per heavy atom. The number of benzene rings is 1. The highest BCUT2D eigenvalue weighted by molar-refractivity contribution is 7.18. The first-order chi connectivity index (χ1) is 14.0. The lowest BCUT2D eigenvalue weighted by molar-refractivity contribution is 0.0953. The summed E-state index contributed by atoms with van der Waals surface area (Å²) in [5, 5.41) is 4.12. The zero-order chi connectivity index (χ0) is 20.5. The van der Waals surface area contributed by atoms with Gasteiger partial charge in [-0.2, -0.15) is 0 Å². The van der Waals surface area contributed by atoms with Crippen molar-refractivity contribution in [2.24, 2.45) is 14.1 Å². The van der Waals surface area contributed by atoms with Gasteiger partial charge in [-0.1, -0.05) is 12.1 Å². The van der Waals surface area contributed by atoms with Gasteiger partial charge >= 0.3 is 5.69 Å². The first-order valence-corrected chi connectivity index (χ1v) is 9.96. The molecule has 1 N–H and O–H groups in total. The van der Waals surface area contributed by atoms with Gasteiger partial charge in [0.2, 0.25) is 0 Å². The van der Waals surface area contributed by atoms with Gasteiger partial charge in [-0.3, -0.25) is 18.7 Å². The quantitative estimate of drug-likeness (QED) is 0.505. The van der Waals surface area contributed by atoms with E-state index in [-0.39, 0.29) is 22.5 Å². The Morgan fingerprint density at radius 1 is 1.17 bits per heavy atom. The third-order valence-corrected chi connectivity index (χ3v) is 5.84. The molecule has 0 saturated heterocycles. The van der Waals surface area contributed by atoms with Crippen LogP contribution in [-0.2, 0) is 20.5 Å². The average molecular weight is 409 g/mol. The van der Waals surface area contributed by atoms with E-state index in [1.165, 1.54) is 23.9 Å². The number of nitrogens with zero attached hydrogens (tertiary/aromatic N) is 4. The zero-order valence-corrected chi connectivity index (χ0v) is 16.8. The van der Waals surface area contributed by atoms with Crippen LogP contribution < -0.4 is 16.6 Å². The number of aryl methyl sites for hydroxylation is 2. The van der Waals surface area contributed by atoms with Gasteiger partial charge in [0.1, 0.15) is 5.65 Å². The molecule has 29 heavy (non-hydrogen) atoms. The third-order valence-electron chi connectivity index (χ3n) is 4.75. The standard InChI is InChI=1S/C20H19N5O3S/c1-24-17-13(19(27)25(2)20(24)28)10-12(11-22-17)18(26)21-9-5-8-16-23-14-6-3-4-7-15(14)29-16/h3-4,6-7,10-11H,5,8-9H2,1-2H3,(H,21,26). The molecule has 0 atom stereocenters. The fraction of sp³-hybridized carbons (Fsp3) is 0.250. The maximum Gasteiger partial charge on any atom is 0.332 e. The van der Waals surface area contributed by atoms with Crippen molar-refractivity contribution in [3.63, 3.8) is 0 Å². The van der Waals surface area contributed by atoms with E-state index < -0.39 is 11.2 Å². The SMILES string of the molecule is Cn1c(=O)c2cc(C(=O)NCCCc3nc4ccccc4s3)cnc2n(C)c1=O.